The van der Waals surface area contributed by atoms with E-state index in [-0.39, 0.29) is 6.54 Å². The summed E-state index contributed by atoms with van der Waals surface area (Å²) in [6.45, 7) is -0.176. The van der Waals surface area contributed by atoms with Crippen molar-refractivity contribution in [3.8, 4) is 0 Å². The summed E-state index contributed by atoms with van der Waals surface area (Å²) in [6.07, 6.45) is -4.14. The second-order valence-corrected chi connectivity index (χ2v) is 9.07. The maximum Gasteiger partial charge on any atom is 0.264 e. The van der Waals surface area contributed by atoms with E-state index in [1.54, 1.807) is 60.7 Å². The zero-order valence-electron chi connectivity index (χ0n) is 18.1. The minimum absolute atomic E-state index is 0.176. The first-order valence-corrected chi connectivity index (χ1v) is 11.9. The molecule has 0 aliphatic carbocycles. The van der Waals surface area contributed by atoms with Crippen LogP contribution >= 0.6 is 0 Å². The first kappa shape index (κ1) is 24.8. The van der Waals surface area contributed by atoms with Crippen LogP contribution in [0.2, 0.25) is 0 Å². The smallest absolute Gasteiger partial charge is 0.264 e. The Morgan fingerprint density at radius 2 is 1.52 bits per heavy atom. The van der Waals surface area contributed by atoms with Crippen molar-refractivity contribution in [3.05, 3.63) is 71.8 Å². The Bertz CT molecular complexity index is 1050. The molecule has 11 heteroatoms. The number of hydrogen-bond acceptors (Lipinski definition) is 8. The zero-order chi connectivity index (χ0) is 24.0. The maximum absolute atomic E-state index is 12.6. The van der Waals surface area contributed by atoms with Gasteiger partial charge in [-0.25, -0.2) is 0 Å². The normalized spacial score (nSPS) is 25.2. The van der Waals surface area contributed by atoms with Crippen LogP contribution in [0.25, 0.3) is 0 Å². The Morgan fingerprint density at radius 1 is 0.970 bits per heavy atom. The fraction of sp³-hybridized carbons (Fsp3) is 0.364. The van der Waals surface area contributed by atoms with Crippen LogP contribution in [0.3, 0.4) is 0 Å². The SMILES string of the molecule is COC1C(NC(=O)c2ccccc2)C(O)OC(CNC(=O)c2ccccc2)C1OS(C)(=O)=O. The largest absolute Gasteiger partial charge is 0.376 e. The molecule has 5 atom stereocenters. The van der Waals surface area contributed by atoms with Gasteiger partial charge >= 0.3 is 0 Å². The lowest BCUT2D eigenvalue weighted by Crippen LogP contribution is -2.66. The Kier molecular flexibility index (Phi) is 8.16. The molecule has 0 spiro atoms. The lowest BCUT2D eigenvalue weighted by atomic mass is 9.96. The molecule has 1 fully saturated rings. The number of methoxy groups -OCH3 is 1. The Labute approximate surface area is 192 Å². The number of aliphatic hydroxyl groups is 1. The minimum Gasteiger partial charge on any atom is -0.376 e. The van der Waals surface area contributed by atoms with Gasteiger partial charge in [0, 0.05) is 24.8 Å². The van der Waals surface area contributed by atoms with Crippen molar-refractivity contribution in [1.29, 1.82) is 0 Å². The molecule has 2 aromatic rings. The van der Waals surface area contributed by atoms with Crippen molar-refractivity contribution in [3.63, 3.8) is 0 Å². The summed E-state index contributed by atoms with van der Waals surface area (Å²) in [7, 11) is -2.68. The average molecular weight is 479 g/mol. The van der Waals surface area contributed by atoms with E-state index in [2.05, 4.69) is 10.6 Å². The van der Waals surface area contributed by atoms with Crippen molar-refractivity contribution in [1.82, 2.24) is 10.6 Å². The molecule has 178 valence electrons. The number of benzene rings is 2. The molecule has 0 aromatic heterocycles. The van der Waals surface area contributed by atoms with Gasteiger partial charge in [0.05, 0.1) is 6.26 Å². The van der Waals surface area contributed by atoms with Crippen LogP contribution in [0, 0.1) is 0 Å². The van der Waals surface area contributed by atoms with Gasteiger partial charge in [0.2, 0.25) is 0 Å². The van der Waals surface area contributed by atoms with Gasteiger partial charge in [-0.2, -0.15) is 8.42 Å². The van der Waals surface area contributed by atoms with E-state index in [0.29, 0.717) is 11.1 Å². The van der Waals surface area contributed by atoms with Crippen molar-refractivity contribution >= 4 is 21.9 Å². The van der Waals surface area contributed by atoms with E-state index >= 15 is 0 Å². The fourth-order valence-electron chi connectivity index (χ4n) is 3.55. The summed E-state index contributed by atoms with van der Waals surface area (Å²) in [5.74, 6) is -0.931. The monoisotopic (exact) mass is 478 g/mol. The third kappa shape index (κ3) is 6.59. The van der Waals surface area contributed by atoms with Crippen molar-refractivity contribution in [2.45, 2.75) is 30.6 Å². The zero-order valence-corrected chi connectivity index (χ0v) is 18.9. The number of aliphatic hydroxyl groups excluding tert-OH is 1. The molecular formula is C22H26N2O8S. The van der Waals surface area contributed by atoms with Gasteiger partial charge in [-0.15, -0.1) is 0 Å². The second kappa shape index (κ2) is 10.9. The molecule has 1 aliphatic rings. The fourth-order valence-corrected chi connectivity index (χ4v) is 4.18. The van der Waals surface area contributed by atoms with Crippen LogP contribution in [-0.4, -0.2) is 75.9 Å². The minimum atomic E-state index is -3.98. The van der Waals surface area contributed by atoms with E-state index in [1.165, 1.54) is 7.11 Å². The molecule has 1 saturated heterocycles. The number of hydrogen-bond donors (Lipinski definition) is 3. The van der Waals surface area contributed by atoms with Crippen molar-refractivity contribution < 1.29 is 36.8 Å². The molecule has 1 aliphatic heterocycles. The van der Waals surface area contributed by atoms with Gasteiger partial charge in [0.15, 0.2) is 6.29 Å². The molecule has 2 amide bonds. The first-order valence-electron chi connectivity index (χ1n) is 10.1. The average Bonchev–Trinajstić information content (AvgIpc) is 2.80. The van der Waals surface area contributed by atoms with Crippen molar-refractivity contribution in [2.75, 3.05) is 19.9 Å². The summed E-state index contributed by atoms with van der Waals surface area (Å²) in [4.78, 5) is 25.0. The summed E-state index contributed by atoms with van der Waals surface area (Å²) in [5, 5.41) is 15.9. The van der Waals surface area contributed by atoms with Gasteiger partial charge in [0.25, 0.3) is 21.9 Å². The topological polar surface area (TPSA) is 140 Å². The highest BCUT2D eigenvalue weighted by molar-refractivity contribution is 7.86. The van der Waals surface area contributed by atoms with E-state index in [9.17, 15) is 23.1 Å². The van der Waals surface area contributed by atoms with Gasteiger partial charge in [-0.3, -0.25) is 13.8 Å². The maximum atomic E-state index is 12.6. The molecule has 33 heavy (non-hydrogen) atoms. The van der Waals surface area contributed by atoms with Crippen molar-refractivity contribution in [2.24, 2.45) is 0 Å². The summed E-state index contributed by atoms with van der Waals surface area (Å²) in [6, 6.07) is 15.5. The predicted molar refractivity (Wildman–Crippen MR) is 118 cm³/mol. The highest BCUT2D eigenvalue weighted by Crippen LogP contribution is 2.26. The third-order valence-electron chi connectivity index (χ3n) is 5.06. The van der Waals surface area contributed by atoms with E-state index < -0.39 is 52.6 Å². The molecule has 0 radical (unpaired) electrons. The molecule has 5 unspecified atom stereocenters. The first-order chi connectivity index (χ1) is 15.7. The highest BCUT2D eigenvalue weighted by atomic mass is 32.2. The Morgan fingerprint density at radius 3 is 2.03 bits per heavy atom. The third-order valence-corrected chi connectivity index (χ3v) is 5.63. The van der Waals surface area contributed by atoms with Gasteiger partial charge in [-0.05, 0) is 24.3 Å². The van der Waals surface area contributed by atoms with Crippen LogP contribution in [0.5, 0.6) is 0 Å². The number of carbonyl (C=O) groups is 2. The van der Waals surface area contributed by atoms with Gasteiger partial charge < -0.3 is 25.2 Å². The number of carbonyl (C=O) groups excluding carboxylic acids is 2. The predicted octanol–water partition coefficient (Wildman–Crippen LogP) is 0.292. The van der Waals surface area contributed by atoms with Crippen LogP contribution in [0.15, 0.2) is 60.7 Å². The molecular weight excluding hydrogens is 452 g/mol. The van der Waals surface area contributed by atoms with E-state index in [4.69, 9.17) is 13.7 Å². The number of rotatable bonds is 8. The molecule has 2 aromatic carbocycles. The van der Waals surface area contributed by atoms with Crippen LogP contribution in [-0.2, 0) is 23.8 Å². The van der Waals surface area contributed by atoms with Crippen LogP contribution in [0.4, 0.5) is 0 Å². The van der Waals surface area contributed by atoms with Crippen LogP contribution in [0.1, 0.15) is 20.7 Å². The standard InChI is InChI=1S/C22H26N2O8S/c1-30-19-17(24-21(26)15-11-7-4-8-12-15)22(27)31-16(18(19)32-33(2,28)29)13-23-20(25)14-9-5-3-6-10-14/h3-12,16-19,22,27H,13H2,1-2H3,(H,23,25)(H,24,26). The van der Waals surface area contributed by atoms with E-state index in [0.717, 1.165) is 6.26 Å². The summed E-state index contributed by atoms with van der Waals surface area (Å²) < 4.78 is 40.1. The Hall–Kier alpha value is -2.83. The molecule has 3 N–H and O–H groups in total. The Balaban J connectivity index is 1.79. The molecule has 0 saturated carbocycles. The van der Waals surface area contributed by atoms with E-state index in [1.807, 2.05) is 0 Å². The summed E-state index contributed by atoms with van der Waals surface area (Å²) in [5.41, 5.74) is 0.725. The molecule has 10 nitrogen and oxygen atoms in total. The summed E-state index contributed by atoms with van der Waals surface area (Å²) >= 11 is 0. The lowest BCUT2D eigenvalue weighted by Gasteiger charge is -2.43. The van der Waals surface area contributed by atoms with Gasteiger partial charge in [0.1, 0.15) is 24.4 Å². The molecule has 1 heterocycles. The van der Waals surface area contributed by atoms with Crippen LogP contribution < -0.4 is 10.6 Å². The number of nitrogens with one attached hydrogen (secondary N) is 2. The second-order valence-electron chi connectivity index (χ2n) is 7.47. The number of amides is 2. The highest BCUT2D eigenvalue weighted by Gasteiger charge is 2.48. The van der Waals surface area contributed by atoms with Gasteiger partial charge in [-0.1, -0.05) is 36.4 Å². The lowest BCUT2D eigenvalue weighted by molar-refractivity contribution is -0.242. The number of ether oxygens (including phenoxy) is 2. The molecule has 3 rings (SSSR count). The molecule has 0 bridgehead atoms. The quantitative estimate of drug-likeness (QED) is 0.460.